The molecule has 0 spiro atoms. The normalized spacial score (nSPS) is 47.2. The van der Waals surface area contributed by atoms with Crippen LogP contribution in [0.4, 0.5) is 0 Å². The number of halogens is 8. The maximum absolute atomic E-state index is 6.41. The van der Waals surface area contributed by atoms with Crippen LogP contribution >= 0.6 is 92.8 Å². The zero-order chi connectivity index (χ0) is 13.9. The average Bonchev–Trinajstić information content (AvgIpc) is 2.66. The Morgan fingerprint density at radius 1 is 1.11 bits per heavy atom. The molecular formula is C10H8Cl8. The number of allylic oxidation sites excluding steroid dienone is 2. The predicted molar refractivity (Wildman–Crippen MR) is 83.3 cm³/mol. The van der Waals surface area contributed by atoms with E-state index in [0.717, 1.165) is 0 Å². The van der Waals surface area contributed by atoms with E-state index in [9.17, 15) is 0 Å². The van der Waals surface area contributed by atoms with Crippen LogP contribution in [0.25, 0.3) is 0 Å². The highest BCUT2D eigenvalue weighted by Gasteiger charge is 2.76. The van der Waals surface area contributed by atoms with Gasteiger partial charge in [-0.05, 0) is 0 Å². The van der Waals surface area contributed by atoms with Gasteiger partial charge in [0, 0.05) is 22.2 Å². The molecule has 0 radical (unpaired) electrons. The summed E-state index contributed by atoms with van der Waals surface area (Å²) >= 11 is 49.8. The summed E-state index contributed by atoms with van der Waals surface area (Å²) in [6.45, 7) is 0. The lowest BCUT2D eigenvalue weighted by atomic mass is 9.69. The quantitative estimate of drug-likeness (QED) is 0.516. The first-order chi connectivity index (χ1) is 8.28. The third-order valence-corrected chi connectivity index (χ3v) is 7.71. The molecule has 1 fully saturated rings. The molecule has 2 aliphatic rings. The highest BCUT2D eigenvalue weighted by molar-refractivity contribution is 6.49. The molecule has 0 saturated heterocycles. The highest BCUT2D eigenvalue weighted by atomic mass is 35.5. The first-order valence-corrected chi connectivity index (χ1v) is 8.59. The first-order valence-electron chi connectivity index (χ1n) is 5.06. The van der Waals surface area contributed by atoms with Crippen molar-refractivity contribution in [2.75, 3.05) is 5.88 Å². The molecule has 0 amide bonds. The molecule has 2 rings (SSSR count). The molecule has 18 heavy (non-hydrogen) atoms. The Kier molecular flexibility index (Phi) is 4.89. The van der Waals surface area contributed by atoms with Crippen LogP contribution in [-0.2, 0) is 0 Å². The van der Waals surface area contributed by atoms with Crippen LogP contribution in [0.15, 0.2) is 11.1 Å². The number of hydrogen-bond donors (Lipinski definition) is 0. The van der Waals surface area contributed by atoms with Crippen LogP contribution in [0.1, 0.15) is 0 Å². The molecule has 2 bridgehead atoms. The fourth-order valence-corrected chi connectivity index (χ4v) is 7.52. The molecule has 1 saturated carbocycles. The highest BCUT2D eigenvalue weighted by Crippen LogP contribution is 2.74. The van der Waals surface area contributed by atoms with Crippen molar-refractivity contribution in [3.05, 3.63) is 11.1 Å². The number of hydrogen-bond acceptors (Lipinski definition) is 0. The van der Waals surface area contributed by atoms with Crippen LogP contribution < -0.4 is 0 Å². The summed E-state index contributed by atoms with van der Waals surface area (Å²) in [5.41, 5.74) is -1.88. The minimum Gasteiger partial charge on any atom is -0.126 e. The molecule has 0 aromatic heterocycles. The van der Waals surface area contributed by atoms with Crippen LogP contribution in [0.5, 0.6) is 0 Å². The summed E-state index contributed by atoms with van der Waals surface area (Å²) in [7, 11) is 0. The van der Waals surface area contributed by atoms with Gasteiger partial charge < -0.3 is 0 Å². The topological polar surface area (TPSA) is 0 Å². The summed E-state index contributed by atoms with van der Waals surface area (Å²) in [5, 5.41) is -0.570. The van der Waals surface area contributed by atoms with Crippen LogP contribution in [0.2, 0.25) is 0 Å². The van der Waals surface area contributed by atoms with E-state index in [4.69, 9.17) is 92.8 Å². The fourth-order valence-electron chi connectivity index (χ4n) is 3.15. The maximum atomic E-state index is 6.41. The van der Waals surface area contributed by atoms with Gasteiger partial charge in [0.1, 0.15) is 9.67 Å². The maximum Gasteiger partial charge on any atom is 0.120 e. The van der Waals surface area contributed by atoms with E-state index in [0.29, 0.717) is 5.03 Å². The van der Waals surface area contributed by atoms with E-state index in [1.54, 1.807) is 6.08 Å². The van der Waals surface area contributed by atoms with E-state index >= 15 is 0 Å². The van der Waals surface area contributed by atoms with E-state index in [-0.39, 0.29) is 11.8 Å². The predicted octanol–water partition coefficient (Wildman–Crippen LogP) is 5.79. The molecule has 0 heterocycles. The monoisotopic (exact) mass is 408 g/mol. The van der Waals surface area contributed by atoms with Crippen LogP contribution in [-0.4, -0.2) is 26.3 Å². The lowest BCUT2D eigenvalue weighted by Crippen LogP contribution is -2.51. The van der Waals surface area contributed by atoms with E-state index in [1.165, 1.54) is 0 Å². The Labute approximate surface area is 146 Å². The molecule has 0 aromatic carbocycles. The second kappa shape index (κ2) is 5.36. The Morgan fingerprint density at radius 3 is 2.00 bits per heavy atom. The van der Waals surface area contributed by atoms with Crippen LogP contribution in [0, 0.1) is 16.7 Å². The Hall–Kier alpha value is 2.06. The second-order valence-corrected chi connectivity index (χ2v) is 8.37. The van der Waals surface area contributed by atoms with Crippen molar-refractivity contribution in [2.24, 2.45) is 16.7 Å². The Balaban J connectivity index is 2.70. The van der Waals surface area contributed by atoms with Gasteiger partial charge in [-0.3, -0.25) is 0 Å². The second-order valence-electron chi connectivity index (χ2n) is 4.53. The minimum absolute atomic E-state index is 0.116. The summed E-state index contributed by atoms with van der Waals surface area (Å²) in [5.74, 6) is -0.142. The van der Waals surface area contributed by atoms with Crippen molar-refractivity contribution in [3.8, 4) is 0 Å². The molecule has 5 atom stereocenters. The van der Waals surface area contributed by atoms with Crippen molar-refractivity contribution in [1.82, 2.24) is 0 Å². The Bertz CT molecular complexity index is 380. The molecule has 3 unspecified atom stereocenters. The van der Waals surface area contributed by atoms with Gasteiger partial charge in [-0.1, -0.05) is 17.7 Å². The van der Waals surface area contributed by atoms with Crippen molar-refractivity contribution in [2.45, 2.75) is 20.4 Å². The SMILES string of the molecule is ClCC1(C(Cl)Cl)C2C=C(Cl)C1(C(Cl)Cl)[C@H](Cl)[C@H]2Cl. The molecule has 0 nitrogen and oxygen atoms in total. The standard InChI is InChI=1S/C10H8Cl8/c11-2-9(7(15)16)3-1-4(12)10(9,8(17)18)6(14)5(3)13/h1,3,5-8H,2H2/t3?,5-,6+,9?,10?/m0/s1. The smallest absolute Gasteiger partial charge is 0.120 e. The molecule has 0 N–H and O–H groups in total. The molecule has 2 aliphatic carbocycles. The molecule has 104 valence electrons. The number of fused-ring (bicyclic) bond motifs is 2. The van der Waals surface area contributed by atoms with E-state index in [2.05, 4.69) is 0 Å². The van der Waals surface area contributed by atoms with Gasteiger partial charge in [0.05, 0.1) is 16.2 Å². The molecule has 0 aromatic rings. The number of alkyl halides is 7. The zero-order valence-electron chi connectivity index (χ0n) is 8.69. The van der Waals surface area contributed by atoms with Crippen molar-refractivity contribution in [3.63, 3.8) is 0 Å². The van der Waals surface area contributed by atoms with Crippen molar-refractivity contribution < 1.29 is 0 Å². The molecular weight excluding hydrogens is 404 g/mol. The summed E-state index contributed by atoms with van der Waals surface area (Å²) in [6, 6.07) is 0. The first kappa shape index (κ1) is 16.4. The van der Waals surface area contributed by atoms with Gasteiger partial charge in [0.2, 0.25) is 0 Å². The van der Waals surface area contributed by atoms with Gasteiger partial charge in [0.15, 0.2) is 0 Å². The number of rotatable bonds is 3. The van der Waals surface area contributed by atoms with E-state index in [1.807, 2.05) is 0 Å². The fraction of sp³-hybridized carbons (Fsp3) is 0.800. The summed E-state index contributed by atoms with van der Waals surface area (Å²) < 4.78 is 0. The van der Waals surface area contributed by atoms with Gasteiger partial charge in [0.25, 0.3) is 0 Å². The third kappa shape index (κ3) is 1.67. The van der Waals surface area contributed by atoms with Gasteiger partial charge >= 0.3 is 0 Å². The average molecular weight is 412 g/mol. The third-order valence-electron chi connectivity index (χ3n) is 4.10. The van der Waals surface area contributed by atoms with E-state index < -0.39 is 31.3 Å². The van der Waals surface area contributed by atoms with Crippen molar-refractivity contribution in [1.29, 1.82) is 0 Å². The zero-order valence-corrected chi connectivity index (χ0v) is 14.7. The van der Waals surface area contributed by atoms with Gasteiger partial charge in [-0.15, -0.1) is 81.2 Å². The van der Waals surface area contributed by atoms with Crippen molar-refractivity contribution >= 4 is 92.8 Å². The van der Waals surface area contributed by atoms with Gasteiger partial charge in [-0.2, -0.15) is 0 Å². The Morgan fingerprint density at radius 2 is 1.67 bits per heavy atom. The molecule has 8 heteroatoms. The lowest BCUT2D eigenvalue weighted by molar-refractivity contribution is 0.170. The summed E-state index contributed by atoms with van der Waals surface area (Å²) in [6.07, 6.45) is 1.77. The largest absolute Gasteiger partial charge is 0.126 e. The minimum atomic E-state index is -1.02. The van der Waals surface area contributed by atoms with Gasteiger partial charge in [-0.25, -0.2) is 0 Å². The molecule has 0 aliphatic heterocycles. The van der Waals surface area contributed by atoms with Crippen LogP contribution in [0.3, 0.4) is 0 Å². The summed E-state index contributed by atoms with van der Waals surface area (Å²) in [4.78, 5) is -1.74. The lowest BCUT2D eigenvalue weighted by Gasteiger charge is -2.46.